The summed E-state index contributed by atoms with van der Waals surface area (Å²) in [6.07, 6.45) is 3.68. The molecule has 0 fully saturated rings. The highest BCUT2D eigenvalue weighted by Gasteiger charge is 1.94. The van der Waals surface area contributed by atoms with Gasteiger partial charge in [0.2, 0.25) is 0 Å². The summed E-state index contributed by atoms with van der Waals surface area (Å²) in [5.41, 5.74) is 1.20. The first-order chi connectivity index (χ1) is 5.84. The molecular weight excluding hydrogens is 150 g/mol. The number of hydrogen-bond acceptors (Lipinski definition) is 2. The Morgan fingerprint density at radius 1 is 1.75 bits per heavy atom. The van der Waals surface area contributed by atoms with E-state index < -0.39 is 0 Å². The standard InChI is InChI=1S/C9H15N3/c1-3-5-10-7-8-12-9(2)4-6-11-12/h3-4,6,10H,1,5,7-8H2,2H3. The molecule has 0 aliphatic heterocycles. The number of nitrogens with one attached hydrogen (secondary N) is 1. The van der Waals surface area contributed by atoms with E-state index in [0.29, 0.717) is 0 Å². The molecule has 12 heavy (non-hydrogen) atoms. The first-order valence-electron chi connectivity index (χ1n) is 4.14. The van der Waals surface area contributed by atoms with Crippen molar-refractivity contribution in [3.8, 4) is 0 Å². The van der Waals surface area contributed by atoms with Crippen LogP contribution >= 0.6 is 0 Å². The van der Waals surface area contributed by atoms with Crippen molar-refractivity contribution < 1.29 is 0 Å². The van der Waals surface area contributed by atoms with Gasteiger partial charge in [-0.25, -0.2) is 0 Å². The van der Waals surface area contributed by atoms with E-state index in [1.165, 1.54) is 5.69 Å². The number of hydrogen-bond donors (Lipinski definition) is 1. The largest absolute Gasteiger partial charge is 0.311 e. The minimum atomic E-state index is 0.861. The lowest BCUT2D eigenvalue weighted by molar-refractivity contribution is 0.561. The molecule has 0 atom stereocenters. The van der Waals surface area contributed by atoms with Crippen molar-refractivity contribution in [2.45, 2.75) is 13.5 Å². The third-order valence-electron chi connectivity index (χ3n) is 1.72. The zero-order valence-electron chi connectivity index (χ0n) is 7.45. The van der Waals surface area contributed by atoms with E-state index in [9.17, 15) is 0 Å². The van der Waals surface area contributed by atoms with Crippen molar-refractivity contribution in [1.29, 1.82) is 0 Å². The molecular formula is C9H15N3. The number of aryl methyl sites for hydroxylation is 1. The smallest absolute Gasteiger partial charge is 0.0537 e. The van der Waals surface area contributed by atoms with Gasteiger partial charge in [-0.3, -0.25) is 4.68 Å². The minimum absolute atomic E-state index is 0.861. The van der Waals surface area contributed by atoms with Gasteiger partial charge in [-0.2, -0.15) is 5.10 Å². The van der Waals surface area contributed by atoms with E-state index in [4.69, 9.17) is 0 Å². The highest BCUT2D eigenvalue weighted by Crippen LogP contribution is 1.93. The lowest BCUT2D eigenvalue weighted by atomic mass is 10.5. The Bertz CT molecular complexity index is 240. The lowest BCUT2D eigenvalue weighted by Crippen LogP contribution is -2.20. The van der Waals surface area contributed by atoms with Crippen LogP contribution in [-0.2, 0) is 6.54 Å². The molecule has 0 radical (unpaired) electrons. The van der Waals surface area contributed by atoms with Crippen LogP contribution in [0.2, 0.25) is 0 Å². The van der Waals surface area contributed by atoms with Crippen LogP contribution in [0.1, 0.15) is 5.69 Å². The van der Waals surface area contributed by atoms with Gasteiger partial charge in [0.15, 0.2) is 0 Å². The van der Waals surface area contributed by atoms with E-state index in [1.807, 2.05) is 23.0 Å². The first kappa shape index (κ1) is 9.00. The van der Waals surface area contributed by atoms with Gasteiger partial charge in [0.1, 0.15) is 0 Å². The molecule has 1 rings (SSSR count). The average Bonchev–Trinajstić information content (AvgIpc) is 2.46. The highest BCUT2D eigenvalue weighted by molar-refractivity contribution is 4.96. The van der Waals surface area contributed by atoms with Crippen LogP contribution < -0.4 is 5.32 Å². The van der Waals surface area contributed by atoms with E-state index in [0.717, 1.165) is 19.6 Å². The van der Waals surface area contributed by atoms with Gasteiger partial charge in [-0.15, -0.1) is 6.58 Å². The first-order valence-corrected chi connectivity index (χ1v) is 4.14. The number of nitrogens with zero attached hydrogens (tertiary/aromatic N) is 2. The fourth-order valence-electron chi connectivity index (χ4n) is 1.02. The molecule has 0 bridgehead atoms. The monoisotopic (exact) mass is 165 g/mol. The average molecular weight is 165 g/mol. The van der Waals surface area contributed by atoms with Crippen molar-refractivity contribution in [2.75, 3.05) is 13.1 Å². The summed E-state index contributed by atoms with van der Waals surface area (Å²) < 4.78 is 1.98. The van der Waals surface area contributed by atoms with Crippen molar-refractivity contribution in [3.63, 3.8) is 0 Å². The Morgan fingerprint density at radius 3 is 3.17 bits per heavy atom. The molecule has 1 N–H and O–H groups in total. The topological polar surface area (TPSA) is 29.9 Å². The maximum atomic E-state index is 4.16. The summed E-state index contributed by atoms with van der Waals surface area (Å²) in [6, 6.07) is 2.01. The molecule has 0 unspecified atom stereocenters. The molecule has 1 aromatic rings. The van der Waals surface area contributed by atoms with E-state index in [2.05, 4.69) is 23.9 Å². The van der Waals surface area contributed by atoms with Crippen molar-refractivity contribution in [3.05, 3.63) is 30.6 Å². The quantitative estimate of drug-likeness (QED) is 0.520. The van der Waals surface area contributed by atoms with Crippen LogP contribution in [0.15, 0.2) is 24.9 Å². The predicted molar refractivity (Wildman–Crippen MR) is 50.0 cm³/mol. The fourth-order valence-corrected chi connectivity index (χ4v) is 1.02. The molecule has 1 heterocycles. The minimum Gasteiger partial charge on any atom is -0.311 e. The Balaban J connectivity index is 2.24. The van der Waals surface area contributed by atoms with Crippen LogP contribution in [0.3, 0.4) is 0 Å². The summed E-state index contributed by atoms with van der Waals surface area (Å²) in [7, 11) is 0. The van der Waals surface area contributed by atoms with Crippen LogP contribution in [0.25, 0.3) is 0 Å². The molecule has 0 aliphatic rings. The molecule has 0 aromatic carbocycles. The Labute approximate surface area is 73.1 Å². The highest BCUT2D eigenvalue weighted by atomic mass is 15.3. The lowest BCUT2D eigenvalue weighted by Gasteiger charge is -2.03. The molecule has 3 heteroatoms. The van der Waals surface area contributed by atoms with Crippen LogP contribution in [-0.4, -0.2) is 22.9 Å². The molecule has 3 nitrogen and oxygen atoms in total. The molecule has 0 saturated carbocycles. The third-order valence-corrected chi connectivity index (χ3v) is 1.72. The van der Waals surface area contributed by atoms with Crippen molar-refractivity contribution in [1.82, 2.24) is 15.1 Å². The Hall–Kier alpha value is -1.09. The van der Waals surface area contributed by atoms with Gasteiger partial charge in [0, 0.05) is 25.0 Å². The normalized spacial score (nSPS) is 10.1. The van der Waals surface area contributed by atoms with Gasteiger partial charge in [0.05, 0.1) is 6.54 Å². The summed E-state index contributed by atoms with van der Waals surface area (Å²) in [5, 5.41) is 7.39. The molecule has 1 aromatic heterocycles. The van der Waals surface area contributed by atoms with E-state index in [1.54, 1.807) is 0 Å². The van der Waals surface area contributed by atoms with E-state index >= 15 is 0 Å². The second-order valence-electron chi connectivity index (χ2n) is 2.69. The zero-order chi connectivity index (χ0) is 8.81. The van der Waals surface area contributed by atoms with Crippen LogP contribution in [0.5, 0.6) is 0 Å². The maximum Gasteiger partial charge on any atom is 0.0537 e. The Kier molecular flexibility index (Phi) is 3.54. The third kappa shape index (κ3) is 2.51. The van der Waals surface area contributed by atoms with Gasteiger partial charge in [0.25, 0.3) is 0 Å². The van der Waals surface area contributed by atoms with Crippen molar-refractivity contribution in [2.24, 2.45) is 0 Å². The predicted octanol–water partition coefficient (Wildman–Crippen LogP) is 0.967. The van der Waals surface area contributed by atoms with Crippen LogP contribution in [0, 0.1) is 6.92 Å². The van der Waals surface area contributed by atoms with Gasteiger partial charge in [-0.05, 0) is 13.0 Å². The van der Waals surface area contributed by atoms with E-state index in [-0.39, 0.29) is 0 Å². The molecule has 0 saturated heterocycles. The van der Waals surface area contributed by atoms with Gasteiger partial charge in [-0.1, -0.05) is 6.08 Å². The Morgan fingerprint density at radius 2 is 2.58 bits per heavy atom. The van der Waals surface area contributed by atoms with Crippen LogP contribution in [0.4, 0.5) is 0 Å². The van der Waals surface area contributed by atoms with Gasteiger partial charge < -0.3 is 5.32 Å². The van der Waals surface area contributed by atoms with Crippen molar-refractivity contribution >= 4 is 0 Å². The SMILES string of the molecule is C=CCNCCn1nccc1C. The summed E-state index contributed by atoms with van der Waals surface area (Å²) >= 11 is 0. The molecule has 0 amide bonds. The second-order valence-corrected chi connectivity index (χ2v) is 2.69. The zero-order valence-corrected chi connectivity index (χ0v) is 7.45. The molecule has 0 aliphatic carbocycles. The summed E-state index contributed by atoms with van der Waals surface area (Å²) in [5.74, 6) is 0. The molecule has 66 valence electrons. The van der Waals surface area contributed by atoms with Gasteiger partial charge >= 0.3 is 0 Å². The summed E-state index contributed by atoms with van der Waals surface area (Å²) in [6.45, 7) is 8.41. The number of aromatic nitrogens is 2. The molecule has 0 spiro atoms. The summed E-state index contributed by atoms with van der Waals surface area (Å²) in [4.78, 5) is 0. The maximum absolute atomic E-state index is 4.16. The fraction of sp³-hybridized carbons (Fsp3) is 0.444. The number of rotatable bonds is 5. The second kappa shape index (κ2) is 4.72.